The third kappa shape index (κ3) is 5.53. The molecule has 0 heterocycles. The van der Waals surface area contributed by atoms with Gasteiger partial charge in [-0.25, -0.2) is 4.79 Å². The zero-order valence-corrected chi connectivity index (χ0v) is 11.4. The van der Waals surface area contributed by atoms with Crippen LogP contribution in [0.1, 0.15) is 12.5 Å². The van der Waals surface area contributed by atoms with Gasteiger partial charge in [-0.1, -0.05) is 12.1 Å². The van der Waals surface area contributed by atoms with Gasteiger partial charge >= 0.3 is 5.97 Å². The average Bonchev–Trinajstić information content (AvgIpc) is 2.38. The van der Waals surface area contributed by atoms with Crippen LogP contribution in [-0.2, 0) is 14.3 Å². The van der Waals surface area contributed by atoms with Gasteiger partial charge < -0.3 is 19.9 Å². The van der Waals surface area contributed by atoms with Crippen LogP contribution in [0.25, 0.3) is 6.08 Å². The molecular weight excluding hydrogens is 262 g/mol. The second-order valence-corrected chi connectivity index (χ2v) is 3.96. The number of carboxylic acids is 1. The van der Waals surface area contributed by atoms with E-state index < -0.39 is 11.9 Å². The van der Waals surface area contributed by atoms with Gasteiger partial charge in [-0.3, -0.25) is 4.79 Å². The highest BCUT2D eigenvalue weighted by atomic mass is 16.5. The maximum Gasteiger partial charge on any atom is 0.352 e. The molecule has 1 aromatic carbocycles. The smallest absolute Gasteiger partial charge is 0.352 e. The van der Waals surface area contributed by atoms with Crippen molar-refractivity contribution in [2.24, 2.45) is 0 Å². The molecule has 6 nitrogen and oxygen atoms in total. The second-order valence-electron chi connectivity index (χ2n) is 3.96. The quantitative estimate of drug-likeness (QED) is 0.580. The number of methoxy groups -OCH3 is 1. The molecule has 0 saturated carbocycles. The van der Waals surface area contributed by atoms with E-state index in [1.54, 1.807) is 31.4 Å². The lowest BCUT2D eigenvalue weighted by Crippen LogP contribution is -2.24. The van der Waals surface area contributed by atoms with E-state index in [1.165, 1.54) is 13.0 Å². The maximum atomic E-state index is 11.0. The van der Waals surface area contributed by atoms with Crippen molar-refractivity contribution in [3.8, 4) is 5.75 Å². The summed E-state index contributed by atoms with van der Waals surface area (Å²) in [6.45, 7) is 2.12. The Kier molecular flexibility index (Phi) is 6.25. The topological polar surface area (TPSA) is 84.9 Å². The van der Waals surface area contributed by atoms with E-state index in [2.05, 4.69) is 5.32 Å². The number of carboxylic acid groups (broad SMARTS) is 1. The predicted molar refractivity (Wildman–Crippen MR) is 73.2 cm³/mol. The highest BCUT2D eigenvalue weighted by Gasteiger charge is 2.08. The molecule has 0 spiro atoms. The van der Waals surface area contributed by atoms with Crippen molar-refractivity contribution < 1.29 is 24.2 Å². The van der Waals surface area contributed by atoms with Crippen LogP contribution in [0, 0.1) is 0 Å². The van der Waals surface area contributed by atoms with Crippen molar-refractivity contribution in [2.75, 3.05) is 20.3 Å². The molecule has 6 heteroatoms. The van der Waals surface area contributed by atoms with Crippen molar-refractivity contribution in [1.29, 1.82) is 0 Å². The van der Waals surface area contributed by atoms with Gasteiger partial charge in [-0.05, 0) is 23.8 Å². The first kappa shape index (κ1) is 15.7. The number of aliphatic carboxylic acids is 1. The molecule has 0 aliphatic carbocycles. The van der Waals surface area contributed by atoms with E-state index in [4.69, 9.17) is 14.6 Å². The molecule has 0 saturated heterocycles. The third-order valence-electron chi connectivity index (χ3n) is 2.27. The van der Waals surface area contributed by atoms with Crippen molar-refractivity contribution in [2.45, 2.75) is 6.92 Å². The molecule has 108 valence electrons. The summed E-state index contributed by atoms with van der Waals surface area (Å²) in [7, 11) is 1.58. The highest BCUT2D eigenvalue weighted by Crippen LogP contribution is 2.15. The summed E-state index contributed by atoms with van der Waals surface area (Å²) < 4.78 is 10.3. The fourth-order valence-electron chi connectivity index (χ4n) is 1.44. The largest absolute Gasteiger partial charge is 0.491 e. The van der Waals surface area contributed by atoms with E-state index in [-0.39, 0.29) is 5.70 Å². The fourth-order valence-corrected chi connectivity index (χ4v) is 1.44. The van der Waals surface area contributed by atoms with Crippen LogP contribution in [0.5, 0.6) is 5.75 Å². The monoisotopic (exact) mass is 279 g/mol. The van der Waals surface area contributed by atoms with Crippen LogP contribution in [0.15, 0.2) is 30.0 Å². The number of carbonyl (C=O) groups is 2. The van der Waals surface area contributed by atoms with Crippen LogP contribution < -0.4 is 10.1 Å². The summed E-state index contributed by atoms with van der Waals surface area (Å²) in [4.78, 5) is 21.9. The molecule has 20 heavy (non-hydrogen) atoms. The molecule has 0 unspecified atom stereocenters. The Morgan fingerprint density at radius 1 is 1.35 bits per heavy atom. The second kappa shape index (κ2) is 7.96. The van der Waals surface area contributed by atoms with Crippen LogP contribution >= 0.6 is 0 Å². The zero-order chi connectivity index (χ0) is 15.0. The van der Waals surface area contributed by atoms with Gasteiger partial charge in [0.15, 0.2) is 0 Å². The number of benzene rings is 1. The van der Waals surface area contributed by atoms with Crippen LogP contribution in [-0.4, -0.2) is 37.3 Å². The lowest BCUT2D eigenvalue weighted by atomic mass is 10.2. The molecule has 0 aromatic heterocycles. The molecule has 0 fully saturated rings. The van der Waals surface area contributed by atoms with Crippen molar-refractivity contribution in [3.63, 3.8) is 0 Å². The number of hydrogen-bond acceptors (Lipinski definition) is 4. The lowest BCUT2D eigenvalue weighted by Gasteiger charge is -2.07. The molecule has 1 aromatic rings. The number of carbonyl (C=O) groups excluding carboxylic acids is 1. The van der Waals surface area contributed by atoms with E-state index in [1.807, 2.05) is 0 Å². The van der Waals surface area contributed by atoms with Gasteiger partial charge in [0.05, 0.1) is 6.61 Å². The number of rotatable bonds is 7. The Morgan fingerprint density at radius 3 is 2.70 bits per heavy atom. The van der Waals surface area contributed by atoms with E-state index in [0.717, 1.165) is 0 Å². The minimum atomic E-state index is -1.20. The first-order valence-electron chi connectivity index (χ1n) is 5.97. The van der Waals surface area contributed by atoms with Gasteiger partial charge in [-0.2, -0.15) is 0 Å². The van der Waals surface area contributed by atoms with Crippen molar-refractivity contribution >= 4 is 18.0 Å². The summed E-state index contributed by atoms with van der Waals surface area (Å²) in [6, 6.07) is 6.89. The molecule has 0 atom stereocenters. The number of amides is 1. The molecule has 1 rings (SSSR count). The normalized spacial score (nSPS) is 11.0. The Morgan fingerprint density at radius 2 is 2.10 bits per heavy atom. The number of hydrogen-bond donors (Lipinski definition) is 2. The maximum absolute atomic E-state index is 11.0. The first-order valence-corrected chi connectivity index (χ1v) is 5.97. The standard InChI is InChI=1S/C14H17NO5/c1-10(16)15-13(14(17)18)9-11-4-3-5-12(8-11)20-7-6-19-2/h3-5,8-9H,6-7H2,1-2H3,(H,15,16)(H,17,18)/b13-9-. The van der Waals surface area contributed by atoms with Crippen LogP contribution in [0.3, 0.4) is 0 Å². The highest BCUT2D eigenvalue weighted by molar-refractivity contribution is 5.96. The number of ether oxygens (including phenoxy) is 2. The van der Waals surface area contributed by atoms with Gasteiger partial charge in [0.25, 0.3) is 0 Å². The Balaban J connectivity index is 2.86. The summed E-state index contributed by atoms with van der Waals surface area (Å²) in [5.74, 6) is -1.04. The molecule has 0 bridgehead atoms. The number of nitrogens with one attached hydrogen (secondary N) is 1. The molecule has 0 aliphatic rings. The Bertz CT molecular complexity index is 510. The van der Waals surface area contributed by atoms with Gasteiger partial charge in [0.1, 0.15) is 18.1 Å². The summed E-state index contributed by atoms with van der Waals surface area (Å²) >= 11 is 0. The van der Waals surface area contributed by atoms with Gasteiger partial charge in [0.2, 0.25) is 5.91 Å². The molecule has 2 N–H and O–H groups in total. The average molecular weight is 279 g/mol. The van der Waals surface area contributed by atoms with E-state index in [9.17, 15) is 9.59 Å². The van der Waals surface area contributed by atoms with Crippen molar-refractivity contribution in [1.82, 2.24) is 5.32 Å². The molecule has 1 amide bonds. The molecule has 0 radical (unpaired) electrons. The molecular formula is C14H17NO5. The molecule has 0 aliphatic heterocycles. The van der Waals surface area contributed by atoms with Crippen LogP contribution in [0.2, 0.25) is 0 Å². The minimum Gasteiger partial charge on any atom is -0.491 e. The zero-order valence-electron chi connectivity index (χ0n) is 11.4. The fraction of sp³-hybridized carbons (Fsp3) is 0.286. The minimum absolute atomic E-state index is 0.188. The third-order valence-corrected chi connectivity index (χ3v) is 2.27. The summed E-state index contributed by atoms with van der Waals surface area (Å²) in [5.41, 5.74) is 0.428. The van der Waals surface area contributed by atoms with Gasteiger partial charge in [0, 0.05) is 14.0 Å². The lowest BCUT2D eigenvalue weighted by molar-refractivity contribution is -0.134. The first-order chi connectivity index (χ1) is 9.52. The van der Waals surface area contributed by atoms with Crippen LogP contribution in [0.4, 0.5) is 0 Å². The summed E-state index contributed by atoms with van der Waals surface area (Å²) in [5, 5.41) is 11.3. The van der Waals surface area contributed by atoms with Crippen molar-refractivity contribution in [3.05, 3.63) is 35.5 Å². The van der Waals surface area contributed by atoms with E-state index >= 15 is 0 Å². The SMILES string of the molecule is COCCOc1cccc(/C=C(\NC(C)=O)C(=O)O)c1. The Labute approximate surface area is 117 Å². The van der Waals surface area contributed by atoms with E-state index in [0.29, 0.717) is 24.5 Å². The summed E-state index contributed by atoms with van der Waals surface area (Å²) in [6.07, 6.45) is 1.37. The predicted octanol–water partition coefficient (Wildman–Crippen LogP) is 1.27. The van der Waals surface area contributed by atoms with Gasteiger partial charge in [-0.15, -0.1) is 0 Å². The Hall–Kier alpha value is -2.34.